The molecule has 2 aromatic rings. The number of aryl methyl sites for hydroxylation is 1. The summed E-state index contributed by atoms with van der Waals surface area (Å²) in [6, 6.07) is 8.47. The number of nitrogens with one attached hydrogen (secondary N) is 1. The van der Waals surface area contributed by atoms with Crippen LogP contribution in [-0.4, -0.2) is 57.1 Å². The van der Waals surface area contributed by atoms with Crippen LogP contribution in [0, 0.1) is 0 Å². The quantitative estimate of drug-likeness (QED) is 0.908. The second kappa shape index (κ2) is 6.29. The molecule has 0 saturated carbocycles. The number of hydrogen-bond donors (Lipinski definition) is 1. The van der Waals surface area contributed by atoms with Gasteiger partial charge in [-0.25, -0.2) is 4.98 Å². The normalized spacial score (nSPS) is 21.2. The average Bonchev–Trinajstić information content (AvgIpc) is 3.20. The number of aromatic nitrogens is 2. The Morgan fingerprint density at radius 3 is 2.76 bits per heavy atom. The minimum Gasteiger partial charge on any atom is -0.497 e. The van der Waals surface area contributed by atoms with Crippen molar-refractivity contribution in [1.82, 2.24) is 14.5 Å². The molecule has 1 spiro atoms. The van der Waals surface area contributed by atoms with E-state index >= 15 is 0 Å². The first-order valence-corrected chi connectivity index (χ1v) is 9.37. The van der Waals surface area contributed by atoms with E-state index in [1.807, 2.05) is 52.5 Å². The molecule has 0 aliphatic carbocycles. The Kier molecular flexibility index (Phi) is 4.11. The van der Waals surface area contributed by atoms with Crippen LogP contribution in [0.5, 0.6) is 5.75 Å². The number of thioether (sulfide) groups is 1. The molecule has 1 atom stereocenters. The van der Waals surface area contributed by atoms with Gasteiger partial charge in [-0.3, -0.25) is 4.79 Å². The number of hydrogen-bond acceptors (Lipinski definition) is 5. The third-order valence-electron chi connectivity index (χ3n) is 4.84. The van der Waals surface area contributed by atoms with Crippen LogP contribution in [0.3, 0.4) is 0 Å². The van der Waals surface area contributed by atoms with Crippen LogP contribution in [0.1, 0.15) is 16.9 Å². The predicted octanol–water partition coefficient (Wildman–Crippen LogP) is 2.24. The lowest BCUT2D eigenvalue weighted by Gasteiger charge is -2.47. The highest BCUT2D eigenvalue weighted by Gasteiger charge is 2.50. The zero-order chi connectivity index (χ0) is 17.4. The number of benzene rings is 1. The van der Waals surface area contributed by atoms with Crippen molar-refractivity contribution < 1.29 is 9.53 Å². The maximum atomic E-state index is 12.4. The number of amides is 1. The molecule has 2 aliphatic heterocycles. The van der Waals surface area contributed by atoms with E-state index in [9.17, 15) is 4.79 Å². The number of carbonyl (C=O) groups is 1. The summed E-state index contributed by atoms with van der Waals surface area (Å²) in [4.78, 5) is 18.5. The molecule has 1 aromatic heterocycles. The van der Waals surface area contributed by atoms with Crippen molar-refractivity contribution in [2.45, 2.75) is 17.2 Å². The fourth-order valence-corrected chi connectivity index (χ4v) is 5.13. The van der Waals surface area contributed by atoms with Gasteiger partial charge in [0.2, 0.25) is 0 Å². The summed E-state index contributed by atoms with van der Waals surface area (Å²) in [7, 11) is 3.55. The Balaban J connectivity index is 1.31. The van der Waals surface area contributed by atoms with Crippen LogP contribution in [0.25, 0.3) is 0 Å². The van der Waals surface area contributed by atoms with Gasteiger partial charge in [-0.15, -0.1) is 11.8 Å². The van der Waals surface area contributed by atoms with E-state index in [0.717, 1.165) is 36.7 Å². The van der Waals surface area contributed by atoms with Gasteiger partial charge in [0.25, 0.3) is 5.91 Å². The lowest BCUT2D eigenvalue weighted by Crippen LogP contribution is -2.61. The number of ether oxygens (including phenoxy) is 1. The first-order valence-electron chi connectivity index (χ1n) is 8.39. The maximum absolute atomic E-state index is 12.4. The van der Waals surface area contributed by atoms with Gasteiger partial charge in [-0.05, 0) is 30.7 Å². The molecular weight excluding hydrogens is 336 g/mol. The lowest BCUT2D eigenvalue weighted by atomic mass is 9.91. The van der Waals surface area contributed by atoms with Crippen molar-refractivity contribution in [2.24, 2.45) is 7.05 Å². The minimum atomic E-state index is 0.0402. The molecule has 0 radical (unpaired) electrons. The molecule has 1 unspecified atom stereocenters. The molecule has 2 aliphatic rings. The van der Waals surface area contributed by atoms with Gasteiger partial charge in [0.15, 0.2) is 0 Å². The Hall–Kier alpha value is -2.15. The van der Waals surface area contributed by atoms with Gasteiger partial charge >= 0.3 is 0 Å². The average molecular weight is 358 g/mol. The SMILES string of the molecule is COc1ccc(NC2CSC3(C2)CN(C(=O)c2cn(C)cn2)C3)cc1. The van der Waals surface area contributed by atoms with Gasteiger partial charge in [-0.1, -0.05) is 0 Å². The Labute approximate surface area is 151 Å². The van der Waals surface area contributed by atoms with Crippen LogP contribution in [0.2, 0.25) is 0 Å². The molecule has 2 saturated heterocycles. The van der Waals surface area contributed by atoms with E-state index in [2.05, 4.69) is 10.3 Å². The van der Waals surface area contributed by atoms with E-state index in [-0.39, 0.29) is 10.7 Å². The Bertz CT molecular complexity index is 768. The number of methoxy groups -OCH3 is 1. The molecule has 132 valence electrons. The summed E-state index contributed by atoms with van der Waals surface area (Å²) in [5.74, 6) is 1.97. The molecule has 2 fully saturated rings. The zero-order valence-electron chi connectivity index (χ0n) is 14.4. The largest absolute Gasteiger partial charge is 0.497 e. The molecule has 6 nitrogen and oxygen atoms in total. The van der Waals surface area contributed by atoms with Gasteiger partial charge < -0.3 is 19.5 Å². The molecule has 3 heterocycles. The van der Waals surface area contributed by atoms with Gasteiger partial charge in [0.1, 0.15) is 11.4 Å². The molecule has 1 N–H and O–H groups in total. The smallest absolute Gasteiger partial charge is 0.274 e. The van der Waals surface area contributed by atoms with E-state index in [4.69, 9.17) is 4.74 Å². The van der Waals surface area contributed by atoms with Crippen molar-refractivity contribution in [3.63, 3.8) is 0 Å². The number of anilines is 1. The van der Waals surface area contributed by atoms with Crippen LogP contribution in [-0.2, 0) is 7.05 Å². The molecule has 4 rings (SSSR count). The monoisotopic (exact) mass is 358 g/mol. The van der Waals surface area contributed by atoms with Crippen LogP contribution >= 0.6 is 11.8 Å². The molecular formula is C18H22N4O2S. The highest BCUT2D eigenvalue weighted by atomic mass is 32.2. The topological polar surface area (TPSA) is 59.4 Å². The fourth-order valence-electron chi connectivity index (χ4n) is 3.56. The van der Waals surface area contributed by atoms with Gasteiger partial charge in [0.05, 0.1) is 18.2 Å². The third kappa shape index (κ3) is 3.20. The number of likely N-dealkylation sites (tertiary alicyclic amines) is 1. The number of carbonyl (C=O) groups excluding carboxylic acids is 1. The van der Waals surface area contributed by atoms with Crippen molar-refractivity contribution in [3.05, 3.63) is 42.5 Å². The summed E-state index contributed by atoms with van der Waals surface area (Å²) < 4.78 is 7.21. The number of imidazole rings is 1. The Morgan fingerprint density at radius 1 is 1.36 bits per heavy atom. The van der Waals surface area contributed by atoms with Crippen molar-refractivity contribution >= 4 is 23.4 Å². The Morgan fingerprint density at radius 2 is 2.12 bits per heavy atom. The summed E-state index contributed by atoms with van der Waals surface area (Å²) in [6.07, 6.45) is 4.53. The predicted molar refractivity (Wildman–Crippen MR) is 99.3 cm³/mol. The van der Waals surface area contributed by atoms with E-state index in [0.29, 0.717) is 11.7 Å². The first kappa shape index (κ1) is 16.3. The van der Waals surface area contributed by atoms with Crippen molar-refractivity contribution in [2.75, 3.05) is 31.3 Å². The molecule has 0 bridgehead atoms. The third-order valence-corrected chi connectivity index (χ3v) is 6.45. The summed E-state index contributed by atoms with van der Waals surface area (Å²) >= 11 is 1.98. The van der Waals surface area contributed by atoms with E-state index in [1.54, 1.807) is 19.6 Å². The first-order chi connectivity index (χ1) is 12.1. The number of rotatable bonds is 4. The second-order valence-corrected chi connectivity index (χ2v) is 8.34. The van der Waals surface area contributed by atoms with Crippen molar-refractivity contribution in [3.8, 4) is 5.75 Å². The van der Waals surface area contributed by atoms with Crippen LogP contribution in [0.15, 0.2) is 36.8 Å². The lowest BCUT2D eigenvalue weighted by molar-refractivity contribution is 0.0552. The molecule has 25 heavy (non-hydrogen) atoms. The summed E-state index contributed by atoms with van der Waals surface area (Å²) in [6.45, 7) is 1.63. The zero-order valence-corrected chi connectivity index (χ0v) is 15.3. The second-order valence-electron chi connectivity index (χ2n) is 6.85. The fraction of sp³-hybridized carbons (Fsp3) is 0.444. The highest BCUT2D eigenvalue weighted by molar-refractivity contribution is 8.01. The van der Waals surface area contributed by atoms with Gasteiger partial charge in [-0.2, -0.15) is 0 Å². The van der Waals surface area contributed by atoms with Gasteiger partial charge in [0, 0.05) is 43.8 Å². The van der Waals surface area contributed by atoms with Crippen LogP contribution in [0.4, 0.5) is 5.69 Å². The van der Waals surface area contributed by atoms with E-state index in [1.165, 1.54) is 0 Å². The summed E-state index contributed by atoms with van der Waals surface area (Å²) in [5.41, 5.74) is 1.65. The van der Waals surface area contributed by atoms with Crippen LogP contribution < -0.4 is 10.1 Å². The number of nitrogens with zero attached hydrogens (tertiary/aromatic N) is 3. The molecule has 1 amide bonds. The highest BCUT2D eigenvalue weighted by Crippen LogP contribution is 2.46. The standard InChI is InChI=1S/C18H22N4O2S/c1-21-8-16(19-12-21)17(23)22-10-18(11-22)7-14(9-25-18)20-13-3-5-15(24-2)6-4-13/h3-6,8,12,14,20H,7,9-11H2,1-2H3. The minimum absolute atomic E-state index is 0.0402. The maximum Gasteiger partial charge on any atom is 0.274 e. The molecule has 7 heteroatoms. The van der Waals surface area contributed by atoms with E-state index < -0.39 is 0 Å². The summed E-state index contributed by atoms with van der Waals surface area (Å²) in [5, 5.41) is 3.60. The molecule has 1 aromatic carbocycles. The van der Waals surface area contributed by atoms with Crippen molar-refractivity contribution in [1.29, 1.82) is 0 Å².